The maximum absolute atomic E-state index is 11.9. The fraction of sp³-hybridized carbons (Fsp3) is 0.500. The summed E-state index contributed by atoms with van der Waals surface area (Å²) in [5, 5.41) is 21.8. The van der Waals surface area contributed by atoms with Crippen LogP contribution in [0.25, 0.3) is 0 Å². The number of rotatable bonds is 5. The fourth-order valence-electron chi connectivity index (χ4n) is 2.04. The third-order valence-electron chi connectivity index (χ3n) is 3.64. The fourth-order valence-corrected chi connectivity index (χ4v) is 2.04. The van der Waals surface area contributed by atoms with E-state index in [1.165, 1.54) is 31.0 Å². The first kappa shape index (κ1) is 13.7. The molecule has 0 heterocycles. The van der Waals surface area contributed by atoms with E-state index < -0.39 is 0 Å². The lowest BCUT2D eigenvalue weighted by Gasteiger charge is -2.24. The first-order chi connectivity index (χ1) is 9.00. The van der Waals surface area contributed by atoms with Crippen LogP contribution in [0.4, 0.5) is 0 Å². The Morgan fingerprint density at radius 3 is 2.79 bits per heavy atom. The quantitative estimate of drug-likeness (QED) is 0.701. The topological polar surface area (TPSA) is 72.8 Å². The van der Waals surface area contributed by atoms with Crippen LogP contribution in [-0.4, -0.2) is 46.7 Å². The van der Waals surface area contributed by atoms with Crippen LogP contribution in [0, 0.1) is 0 Å². The molecule has 1 unspecified atom stereocenters. The van der Waals surface area contributed by atoms with Crippen molar-refractivity contribution in [3.05, 3.63) is 23.8 Å². The molecule has 1 amide bonds. The van der Waals surface area contributed by atoms with Crippen LogP contribution in [0.5, 0.6) is 11.5 Å². The van der Waals surface area contributed by atoms with Gasteiger partial charge in [0.2, 0.25) is 0 Å². The number of aromatic hydroxyl groups is 2. The summed E-state index contributed by atoms with van der Waals surface area (Å²) in [6.45, 7) is 2.57. The Bertz CT molecular complexity index is 472. The van der Waals surface area contributed by atoms with E-state index in [2.05, 4.69) is 24.2 Å². The molecule has 104 valence electrons. The zero-order valence-electron chi connectivity index (χ0n) is 11.3. The third kappa shape index (κ3) is 3.17. The van der Waals surface area contributed by atoms with E-state index in [1.54, 1.807) is 0 Å². The highest BCUT2D eigenvalue weighted by molar-refractivity contribution is 5.97. The number of phenolic OH excluding ortho intramolecular Hbond substituents is 2. The Morgan fingerprint density at radius 1 is 1.47 bits per heavy atom. The molecule has 5 nitrogen and oxygen atoms in total. The van der Waals surface area contributed by atoms with Crippen LogP contribution in [0.1, 0.15) is 30.1 Å². The van der Waals surface area contributed by atoms with Crippen molar-refractivity contribution in [2.24, 2.45) is 0 Å². The van der Waals surface area contributed by atoms with Crippen molar-refractivity contribution < 1.29 is 15.0 Å². The normalized spacial score (nSPS) is 16.4. The van der Waals surface area contributed by atoms with Crippen LogP contribution in [0.3, 0.4) is 0 Å². The summed E-state index contributed by atoms with van der Waals surface area (Å²) in [4.78, 5) is 14.2. The van der Waals surface area contributed by atoms with Crippen molar-refractivity contribution >= 4 is 5.91 Å². The van der Waals surface area contributed by atoms with E-state index in [4.69, 9.17) is 0 Å². The van der Waals surface area contributed by atoms with Gasteiger partial charge in [0.15, 0.2) is 11.5 Å². The molecule has 0 saturated heterocycles. The summed E-state index contributed by atoms with van der Waals surface area (Å²) in [6.07, 6.45) is 2.45. The number of amides is 1. The van der Waals surface area contributed by atoms with Crippen molar-refractivity contribution in [3.8, 4) is 11.5 Å². The third-order valence-corrected chi connectivity index (χ3v) is 3.64. The predicted molar refractivity (Wildman–Crippen MR) is 72.4 cm³/mol. The molecule has 1 aliphatic rings. The molecule has 0 bridgehead atoms. The molecule has 1 saturated carbocycles. The smallest absolute Gasteiger partial charge is 0.255 e. The first-order valence-corrected chi connectivity index (χ1v) is 6.51. The lowest BCUT2D eigenvalue weighted by molar-refractivity contribution is 0.0936. The molecular weight excluding hydrogens is 244 g/mol. The standard InChI is InChI=1S/C14H20N2O3/c1-9(16(2)10-6-7-10)8-15-14(19)11-4-3-5-12(17)13(11)18/h3-5,9-10,17-18H,6-8H2,1-2H3,(H,15,19). The van der Waals surface area contributed by atoms with Crippen LogP contribution in [0.2, 0.25) is 0 Å². The van der Waals surface area contributed by atoms with Crippen molar-refractivity contribution in [1.29, 1.82) is 0 Å². The number of likely N-dealkylation sites (N-methyl/N-ethyl adjacent to an activating group) is 1. The minimum absolute atomic E-state index is 0.0984. The predicted octanol–water partition coefficient (Wildman–Crippen LogP) is 1.31. The SMILES string of the molecule is CC(CNC(=O)c1cccc(O)c1O)N(C)C1CC1. The number of hydrogen-bond acceptors (Lipinski definition) is 4. The van der Waals surface area contributed by atoms with Crippen molar-refractivity contribution in [3.63, 3.8) is 0 Å². The highest BCUT2D eigenvalue weighted by Gasteiger charge is 2.29. The van der Waals surface area contributed by atoms with Crippen LogP contribution >= 0.6 is 0 Å². The molecule has 1 atom stereocenters. The van der Waals surface area contributed by atoms with E-state index in [0.29, 0.717) is 12.6 Å². The van der Waals surface area contributed by atoms with Gasteiger partial charge in [-0.15, -0.1) is 0 Å². The molecule has 1 aromatic rings. The summed E-state index contributed by atoms with van der Waals surface area (Å²) in [7, 11) is 2.06. The Labute approximate surface area is 112 Å². The molecular formula is C14H20N2O3. The highest BCUT2D eigenvalue weighted by atomic mass is 16.3. The van der Waals surface area contributed by atoms with Gasteiger partial charge >= 0.3 is 0 Å². The summed E-state index contributed by atoms with van der Waals surface area (Å²) in [5.41, 5.74) is 0.0984. The number of phenols is 2. The first-order valence-electron chi connectivity index (χ1n) is 6.51. The van der Waals surface area contributed by atoms with E-state index in [-0.39, 0.29) is 29.0 Å². The number of carbonyl (C=O) groups excluding carboxylic acids is 1. The van der Waals surface area contributed by atoms with Gasteiger partial charge in [0.05, 0.1) is 5.56 Å². The van der Waals surface area contributed by atoms with Gasteiger partial charge in [-0.1, -0.05) is 6.07 Å². The van der Waals surface area contributed by atoms with Gasteiger partial charge in [-0.05, 0) is 38.9 Å². The zero-order chi connectivity index (χ0) is 14.0. The molecule has 5 heteroatoms. The molecule has 0 spiro atoms. The van der Waals surface area contributed by atoms with Crippen molar-refractivity contribution in [2.75, 3.05) is 13.6 Å². The second kappa shape index (κ2) is 5.48. The number of nitrogens with one attached hydrogen (secondary N) is 1. The number of hydrogen-bond donors (Lipinski definition) is 3. The molecule has 0 radical (unpaired) electrons. The molecule has 1 aliphatic carbocycles. The second-order valence-electron chi connectivity index (χ2n) is 5.13. The molecule has 2 rings (SSSR count). The lowest BCUT2D eigenvalue weighted by Crippen LogP contribution is -2.41. The summed E-state index contributed by atoms with van der Waals surface area (Å²) >= 11 is 0. The molecule has 0 aromatic heterocycles. The Hall–Kier alpha value is -1.75. The van der Waals surface area contributed by atoms with E-state index >= 15 is 0 Å². The van der Waals surface area contributed by atoms with Gasteiger partial charge in [0.25, 0.3) is 5.91 Å². The van der Waals surface area contributed by atoms with Crippen LogP contribution < -0.4 is 5.32 Å². The van der Waals surface area contributed by atoms with E-state index in [9.17, 15) is 15.0 Å². The van der Waals surface area contributed by atoms with E-state index in [1.807, 2.05) is 0 Å². The Morgan fingerprint density at radius 2 is 2.16 bits per heavy atom. The molecule has 1 aromatic carbocycles. The van der Waals surface area contributed by atoms with Crippen LogP contribution in [0.15, 0.2) is 18.2 Å². The maximum atomic E-state index is 11.9. The molecule has 0 aliphatic heterocycles. The van der Waals surface area contributed by atoms with Crippen molar-refractivity contribution in [2.45, 2.75) is 31.8 Å². The molecule has 19 heavy (non-hydrogen) atoms. The number of benzene rings is 1. The summed E-state index contributed by atoms with van der Waals surface area (Å²) in [5.74, 6) is -1.02. The van der Waals surface area contributed by atoms with Gasteiger partial charge < -0.3 is 15.5 Å². The minimum Gasteiger partial charge on any atom is -0.504 e. The summed E-state index contributed by atoms with van der Waals surface area (Å²) < 4.78 is 0. The number of nitrogens with zero attached hydrogens (tertiary/aromatic N) is 1. The Kier molecular flexibility index (Phi) is 3.95. The Balaban J connectivity index is 1.92. The van der Waals surface area contributed by atoms with Gasteiger partial charge in [-0.25, -0.2) is 0 Å². The minimum atomic E-state index is -0.372. The average molecular weight is 264 g/mol. The van der Waals surface area contributed by atoms with Gasteiger partial charge in [0.1, 0.15) is 0 Å². The lowest BCUT2D eigenvalue weighted by atomic mass is 10.1. The average Bonchev–Trinajstić information content (AvgIpc) is 3.22. The highest BCUT2D eigenvalue weighted by Crippen LogP contribution is 2.28. The second-order valence-corrected chi connectivity index (χ2v) is 5.13. The van der Waals surface area contributed by atoms with Crippen molar-refractivity contribution in [1.82, 2.24) is 10.2 Å². The monoisotopic (exact) mass is 264 g/mol. The van der Waals surface area contributed by atoms with Gasteiger partial charge in [-0.2, -0.15) is 0 Å². The van der Waals surface area contributed by atoms with Gasteiger partial charge in [0, 0.05) is 18.6 Å². The van der Waals surface area contributed by atoms with Crippen LogP contribution in [-0.2, 0) is 0 Å². The zero-order valence-corrected chi connectivity index (χ0v) is 11.3. The number of carbonyl (C=O) groups is 1. The van der Waals surface area contributed by atoms with E-state index in [0.717, 1.165) is 0 Å². The maximum Gasteiger partial charge on any atom is 0.255 e. The number of para-hydroxylation sites is 1. The molecule has 3 N–H and O–H groups in total. The summed E-state index contributed by atoms with van der Waals surface area (Å²) in [6, 6.07) is 5.25. The molecule has 1 fully saturated rings. The van der Waals surface area contributed by atoms with Gasteiger partial charge in [-0.3, -0.25) is 9.69 Å². The largest absolute Gasteiger partial charge is 0.504 e.